The van der Waals surface area contributed by atoms with Crippen LogP contribution in [0.4, 0.5) is 0 Å². The van der Waals surface area contributed by atoms with Gasteiger partial charge in [-0.25, -0.2) is 4.98 Å². The van der Waals surface area contributed by atoms with E-state index in [-0.39, 0.29) is 0 Å². The van der Waals surface area contributed by atoms with Crippen molar-refractivity contribution in [2.24, 2.45) is 0 Å². The molecule has 3 heteroatoms. The first-order valence-corrected chi connectivity index (χ1v) is 8.27. The molecule has 1 aliphatic rings. The van der Waals surface area contributed by atoms with Crippen LogP contribution in [0.25, 0.3) is 5.57 Å². The Hall–Kier alpha value is -2.81. The number of hydrogen-bond acceptors (Lipinski definition) is 2. The number of imidazole rings is 1. The summed E-state index contributed by atoms with van der Waals surface area (Å²) in [6, 6.07) is 17.1. The molecule has 1 aromatic heterocycles. The van der Waals surface area contributed by atoms with Gasteiger partial charge >= 0.3 is 0 Å². The number of aryl methyl sites for hydroxylation is 1. The van der Waals surface area contributed by atoms with Gasteiger partial charge < -0.3 is 9.72 Å². The van der Waals surface area contributed by atoms with Crippen molar-refractivity contribution in [1.82, 2.24) is 9.97 Å². The Kier molecular flexibility index (Phi) is 3.91. The Morgan fingerprint density at radius 1 is 1.08 bits per heavy atom. The van der Waals surface area contributed by atoms with Gasteiger partial charge in [0.15, 0.2) is 0 Å². The minimum atomic E-state index is 0.879. The fourth-order valence-electron chi connectivity index (χ4n) is 3.48. The molecular formula is C21H20N2O. The lowest BCUT2D eigenvalue weighted by atomic mass is 9.80. The third-order valence-corrected chi connectivity index (χ3v) is 4.65. The largest absolute Gasteiger partial charge is 0.497 e. The van der Waals surface area contributed by atoms with Crippen LogP contribution >= 0.6 is 0 Å². The highest BCUT2D eigenvalue weighted by molar-refractivity contribution is 5.85. The summed E-state index contributed by atoms with van der Waals surface area (Å²) < 4.78 is 5.47. The molecule has 4 rings (SSSR count). The third kappa shape index (κ3) is 2.73. The number of nitrogens with one attached hydrogen (secondary N) is 1. The standard InChI is InChI=1S/C21H20N2O/c1-24-19-10-9-15-7-8-17(11-18-13-22-14-23-18)21(20(15)12-19)16-5-3-2-4-6-16/h2-6,9-10,12-14H,7-8,11H2,1H3,(H,22,23). The van der Waals surface area contributed by atoms with E-state index < -0.39 is 0 Å². The highest BCUT2D eigenvalue weighted by atomic mass is 16.5. The molecule has 0 bridgehead atoms. The fraction of sp³-hybridized carbons (Fsp3) is 0.190. The Morgan fingerprint density at radius 2 is 1.96 bits per heavy atom. The van der Waals surface area contributed by atoms with Crippen molar-refractivity contribution < 1.29 is 4.74 Å². The molecule has 24 heavy (non-hydrogen) atoms. The maximum atomic E-state index is 5.47. The topological polar surface area (TPSA) is 37.9 Å². The number of aromatic amines is 1. The zero-order chi connectivity index (χ0) is 16.4. The molecule has 3 aromatic rings. The first-order chi connectivity index (χ1) is 11.8. The van der Waals surface area contributed by atoms with Gasteiger partial charge in [0.25, 0.3) is 0 Å². The molecule has 1 heterocycles. The first kappa shape index (κ1) is 14.8. The first-order valence-electron chi connectivity index (χ1n) is 8.27. The zero-order valence-corrected chi connectivity index (χ0v) is 13.8. The zero-order valence-electron chi connectivity index (χ0n) is 13.8. The lowest BCUT2D eigenvalue weighted by Gasteiger charge is -2.24. The lowest BCUT2D eigenvalue weighted by Crippen LogP contribution is -2.09. The van der Waals surface area contributed by atoms with Gasteiger partial charge in [-0.3, -0.25) is 0 Å². The van der Waals surface area contributed by atoms with Crippen molar-refractivity contribution in [1.29, 1.82) is 0 Å². The summed E-state index contributed by atoms with van der Waals surface area (Å²) in [5.41, 5.74) is 7.80. The number of H-pyrrole nitrogens is 1. The number of rotatable bonds is 4. The van der Waals surface area contributed by atoms with E-state index in [2.05, 4.69) is 58.5 Å². The van der Waals surface area contributed by atoms with E-state index in [9.17, 15) is 0 Å². The van der Waals surface area contributed by atoms with Gasteiger partial charge in [-0.1, -0.05) is 42.0 Å². The van der Waals surface area contributed by atoms with Crippen LogP contribution in [-0.2, 0) is 12.8 Å². The van der Waals surface area contributed by atoms with Crippen molar-refractivity contribution in [2.45, 2.75) is 19.3 Å². The van der Waals surface area contributed by atoms with Crippen molar-refractivity contribution in [2.75, 3.05) is 7.11 Å². The quantitative estimate of drug-likeness (QED) is 0.774. The van der Waals surface area contributed by atoms with Gasteiger partial charge in [0, 0.05) is 12.6 Å². The second-order valence-corrected chi connectivity index (χ2v) is 6.10. The Balaban J connectivity index is 1.88. The summed E-state index contributed by atoms with van der Waals surface area (Å²) in [4.78, 5) is 7.47. The molecule has 0 amide bonds. The molecule has 0 spiro atoms. The number of fused-ring (bicyclic) bond motifs is 1. The lowest BCUT2D eigenvalue weighted by molar-refractivity contribution is 0.414. The number of benzene rings is 2. The molecular weight excluding hydrogens is 296 g/mol. The van der Waals surface area contributed by atoms with E-state index in [1.165, 1.54) is 27.8 Å². The van der Waals surface area contributed by atoms with Crippen molar-refractivity contribution in [3.8, 4) is 5.75 Å². The van der Waals surface area contributed by atoms with Crippen LogP contribution in [0.1, 0.15) is 28.8 Å². The number of aromatic nitrogens is 2. The molecule has 120 valence electrons. The second-order valence-electron chi connectivity index (χ2n) is 6.10. The molecule has 0 aliphatic heterocycles. The minimum absolute atomic E-state index is 0.879. The van der Waals surface area contributed by atoms with Crippen LogP contribution in [0.2, 0.25) is 0 Å². The Bertz CT molecular complexity index is 864. The van der Waals surface area contributed by atoms with Crippen LogP contribution in [0, 0.1) is 0 Å². The predicted molar refractivity (Wildman–Crippen MR) is 96.1 cm³/mol. The predicted octanol–water partition coefficient (Wildman–Crippen LogP) is 4.41. The molecule has 0 atom stereocenters. The molecule has 0 saturated heterocycles. The van der Waals surface area contributed by atoms with E-state index in [4.69, 9.17) is 4.74 Å². The smallest absolute Gasteiger partial charge is 0.119 e. The number of hydrogen-bond donors (Lipinski definition) is 1. The van der Waals surface area contributed by atoms with Gasteiger partial charge in [-0.15, -0.1) is 0 Å². The molecule has 0 unspecified atom stereocenters. The van der Waals surface area contributed by atoms with Gasteiger partial charge in [0.2, 0.25) is 0 Å². The summed E-state index contributed by atoms with van der Waals surface area (Å²) in [5, 5.41) is 0. The highest BCUT2D eigenvalue weighted by Crippen LogP contribution is 2.38. The number of methoxy groups -OCH3 is 1. The van der Waals surface area contributed by atoms with Crippen molar-refractivity contribution >= 4 is 5.57 Å². The van der Waals surface area contributed by atoms with Gasteiger partial charge in [0.05, 0.1) is 19.1 Å². The number of allylic oxidation sites excluding steroid dienone is 1. The molecule has 0 saturated carbocycles. The monoisotopic (exact) mass is 316 g/mol. The van der Waals surface area contributed by atoms with Crippen molar-refractivity contribution in [3.05, 3.63) is 89.0 Å². The maximum absolute atomic E-state index is 5.47. The van der Waals surface area contributed by atoms with Crippen LogP contribution in [0.15, 0.2) is 66.6 Å². The van der Waals surface area contributed by atoms with Crippen molar-refractivity contribution in [3.63, 3.8) is 0 Å². The summed E-state index contributed by atoms with van der Waals surface area (Å²) in [5.74, 6) is 0.906. The highest BCUT2D eigenvalue weighted by Gasteiger charge is 2.21. The van der Waals surface area contributed by atoms with Gasteiger partial charge in [0.1, 0.15) is 5.75 Å². The number of nitrogens with zero attached hydrogens (tertiary/aromatic N) is 1. The molecule has 1 aliphatic carbocycles. The Morgan fingerprint density at radius 3 is 2.71 bits per heavy atom. The maximum Gasteiger partial charge on any atom is 0.119 e. The summed E-state index contributed by atoms with van der Waals surface area (Å²) in [6.45, 7) is 0. The average Bonchev–Trinajstić information content (AvgIpc) is 3.15. The van der Waals surface area contributed by atoms with Crippen LogP contribution < -0.4 is 4.74 Å². The van der Waals surface area contributed by atoms with E-state index in [1.807, 2.05) is 6.20 Å². The van der Waals surface area contributed by atoms with Crippen LogP contribution in [0.5, 0.6) is 5.75 Å². The fourth-order valence-corrected chi connectivity index (χ4v) is 3.48. The second kappa shape index (κ2) is 6.36. The third-order valence-electron chi connectivity index (χ3n) is 4.65. The van der Waals surface area contributed by atoms with Crippen LogP contribution in [-0.4, -0.2) is 17.1 Å². The molecule has 3 nitrogen and oxygen atoms in total. The van der Waals surface area contributed by atoms with Gasteiger partial charge in [-0.05, 0) is 47.2 Å². The molecule has 2 aromatic carbocycles. The SMILES string of the molecule is COc1ccc2c(c1)C(c1ccccc1)=C(Cc1c[nH]cn1)CC2. The van der Waals surface area contributed by atoms with E-state index in [1.54, 1.807) is 13.4 Å². The summed E-state index contributed by atoms with van der Waals surface area (Å²) in [6.07, 6.45) is 6.74. The minimum Gasteiger partial charge on any atom is -0.497 e. The van der Waals surface area contributed by atoms with Crippen LogP contribution in [0.3, 0.4) is 0 Å². The van der Waals surface area contributed by atoms with E-state index in [0.717, 1.165) is 30.7 Å². The average molecular weight is 316 g/mol. The van der Waals surface area contributed by atoms with E-state index >= 15 is 0 Å². The summed E-state index contributed by atoms with van der Waals surface area (Å²) in [7, 11) is 1.72. The Labute approximate surface area is 142 Å². The molecule has 0 radical (unpaired) electrons. The summed E-state index contributed by atoms with van der Waals surface area (Å²) >= 11 is 0. The number of ether oxygens (including phenoxy) is 1. The normalized spacial score (nSPS) is 13.7. The van der Waals surface area contributed by atoms with Gasteiger partial charge in [-0.2, -0.15) is 0 Å². The molecule has 0 fully saturated rings. The van der Waals surface area contributed by atoms with E-state index in [0.29, 0.717) is 0 Å². The molecule has 1 N–H and O–H groups in total.